The van der Waals surface area contributed by atoms with E-state index in [0.29, 0.717) is 24.6 Å². The van der Waals surface area contributed by atoms with Crippen LogP contribution in [0.3, 0.4) is 0 Å². The van der Waals surface area contributed by atoms with Gasteiger partial charge in [0.25, 0.3) is 5.91 Å². The number of carbonyl (C=O) groups excluding carboxylic acids is 1. The van der Waals surface area contributed by atoms with Crippen LogP contribution in [0.5, 0.6) is 5.75 Å². The standard InChI is InChI=1S/C20H29N5O2/c1-4-18-19(20(26)22-13-15-6-5-11-21-12-15)23-24-25(18)16-7-9-17(10-8-16)27-14(2)3/h7-10,14-15,21H,4-6,11-13H2,1-3H3,(H,22,26). The highest BCUT2D eigenvalue weighted by Crippen LogP contribution is 2.19. The van der Waals surface area contributed by atoms with E-state index in [1.165, 1.54) is 0 Å². The summed E-state index contributed by atoms with van der Waals surface area (Å²) in [7, 11) is 0. The van der Waals surface area contributed by atoms with Gasteiger partial charge in [-0.15, -0.1) is 5.10 Å². The molecule has 1 fully saturated rings. The van der Waals surface area contributed by atoms with Crippen molar-refractivity contribution in [1.29, 1.82) is 0 Å². The van der Waals surface area contributed by atoms with Gasteiger partial charge in [-0.05, 0) is 76.4 Å². The van der Waals surface area contributed by atoms with Crippen LogP contribution in [0.2, 0.25) is 0 Å². The van der Waals surface area contributed by atoms with Crippen molar-refractivity contribution in [3.05, 3.63) is 35.7 Å². The monoisotopic (exact) mass is 371 g/mol. The highest BCUT2D eigenvalue weighted by atomic mass is 16.5. The molecule has 2 heterocycles. The summed E-state index contributed by atoms with van der Waals surface area (Å²) < 4.78 is 7.41. The van der Waals surface area contributed by atoms with Gasteiger partial charge >= 0.3 is 0 Å². The van der Waals surface area contributed by atoms with Crippen molar-refractivity contribution in [2.24, 2.45) is 5.92 Å². The fourth-order valence-electron chi connectivity index (χ4n) is 3.36. The summed E-state index contributed by atoms with van der Waals surface area (Å²) in [4.78, 5) is 12.6. The average Bonchev–Trinajstić information content (AvgIpc) is 3.11. The average molecular weight is 371 g/mol. The third kappa shape index (κ3) is 4.86. The molecule has 7 heteroatoms. The topological polar surface area (TPSA) is 81.1 Å². The van der Waals surface area contributed by atoms with Crippen LogP contribution in [0, 0.1) is 5.92 Å². The molecule has 7 nitrogen and oxygen atoms in total. The third-order valence-corrected chi connectivity index (χ3v) is 4.72. The van der Waals surface area contributed by atoms with Gasteiger partial charge in [0.1, 0.15) is 5.75 Å². The molecular weight excluding hydrogens is 342 g/mol. The lowest BCUT2D eigenvalue weighted by Crippen LogP contribution is -2.38. The highest BCUT2D eigenvalue weighted by Gasteiger charge is 2.21. The van der Waals surface area contributed by atoms with Gasteiger partial charge in [-0.3, -0.25) is 4.79 Å². The summed E-state index contributed by atoms with van der Waals surface area (Å²) >= 11 is 0. The first kappa shape index (κ1) is 19.4. The Bertz CT molecular complexity index is 748. The van der Waals surface area contributed by atoms with Crippen LogP contribution < -0.4 is 15.4 Å². The summed E-state index contributed by atoms with van der Waals surface area (Å²) in [6.45, 7) is 8.69. The number of benzene rings is 1. The Morgan fingerprint density at radius 3 is 2.78 bits per heavy atom. The molecular formula is C20H29N5O2. The number of ether oxygens (including phenoxy) is 1. The van der Waals surface area contributed by atoms with Gasteiger partial charge in [-0.2, -0.15) is 0 Å². The number of hydrogen-bond donors (Lipinski definition) is 2. The second kappa shape index (κ2) is 8.99. The number of hydrogen-bond acceptors (Lipinski definition) is 5. The van der Waals surface area contributed by atoms with E-state index in [1.54, 1.807) is 4.68 Å². The maximum absolute atomic E-state index is 12.6. The number of nitrogens with zero attached hydrogens (tertiary/aromatic N) is 3. The molecule has 1 atom stereocenters. The number of carbonyl (C=O) groups is 1. The molecule has 0 saturated carbocycles. The summed E-state index contributed by atoms with van der Waals surface area (Å²) in [5.41, 5.74) is 2.08. The van der Waals surface area contributed by atoms with E-state index in [2.05, 4.69) is 20.9 Å². The molecule has 1 unspecified atom stereocenters. The molecule has 3 rings (SSSR count). The summed E-state index contributed by atoms with van der Waals surface area (Å²) in [5.74, 6) is 1.14. The Kier molecular flexibility index (Phi) is 6.45. The zero-order valence-electron chi connectivity index (χ0n) is 16.4. The van der Waals surface area contributed by atoms with Crippen molar-refractivity contribution in [2.75, 3.05) is 19.6 Å². The molecule has 0 radical (unpaired) electrons. The van der Waals surface area contributed by atoms with Gasteiger partial charge in [0.2, 0.25) is 0 Å². The lowest BCUT2D eigenvalue weighted by Gasteiger charge is -2.22. The first-order chi connectivity index (χ1) is 13.1. The van der Waals surface area contributed by atoms with Gasteiger partial charge in [0.05, 0.1) is 17.5 Å². The molecule has 2 aromatic rings. The Hall–Kier alpha value is -2.41. The smallest absolute Gasteiger partial charge is 0.273 e. The molecule has 1 saturated heterocycles. The number of aromatic nitrogens is 3. The molecule has 1 aliphatic heterocycles. The maximum atomic E-state index is 12.6. The Balaban J connectivity index is 1.71. The predicted molar refractivity (Wildman–Crippen MR) is 104 cm³/mol. The normalized spacial score (nSPS) is 17.1. The molecule has 27 heavy (non-hydrogen) atoms. The molecule has 1 aromatic heterocycles. The van der Waals surface area contributed by atoms with Crippen LogP contribution >= 0.6 is 0 Å². The molecule has 146 valence electrons. The van der Waals surface area contributed by atoms with Crippen molar-refractivity contribution in [2.45, 2.75) is 46.1 Å². The van der Waals surface area contributed by atoms with Crippen LogP contribution in [0.25, 0.3) is 5.69 Å². The summed E-state index contributed by atoms with van der Waals surface area (Å²) in [5, 5.41) is 14.8. The third-order valence-electron chi connectivity index (χ3n) is 4.72. The molecule has 0 aliphatic carbocycles. The maximum Gasteiger partial charge on any atom is 0.273 e. The van der Waals surface area contributed by atoms with Gasteiger partial charge in [0, 0.05) is 6.54 Å². The SMILES string of the molecule is CCc1c(C(=O)NCC2CCCNC2)nnn1-c1ccc(OC(C)C)cc1. The van der Waals surface area contributed by atoms with Crippen LogP contribution in [-0.2, 0) is 6.42 Å². The van der Waals surface area contributed by atoms with Gasteiger partial charge < -0.3 is 15.4 Å². The summed E-state index contributed by atoms with van der Waals surface area (Å²) in [6, 6.07) is 7.68. The molecule has 2 N–H and O–H groups in total. The minimum Gasteiger partial charge on any atom is -0.491 e. The Labute approximate surface area is 160 Å². The fourth-order valence-corrected chi connectivity index (χ4v) is 3.36. The van der Waals surface area contributed by atoms with Gasteiger partial charge in [0.15, 0.2) is 5.69 Å². The molecule has 0 spiro atoms. The highest BCUT2D eigenvalue weighted by molar-refractivity contribution is 5.93. The molecule has 1 aliphatic rings. The Morgan fingerprint density at radius 2 is 2.15 bits per heavy atom. The van der Waals surface area contributed by atoms with E-state index in [4.69, 9.17) is 4.74 Å². The number of amides is 1. The number of rotatable bonds is 7. The summed E-state index contributed by atoms with van der Waals surface area (Å²) in [6.07, 6.45) is 3.10. The van der Waals surface area contributed by atoms with Crippen molar-refractivity contribution in [3.63, 3.8) is 0 Å². The predicted octanol–water partition coefficient (Wildman–Crippen LogP) is 2.35. The van der Waals surface area contributed by atoms with E-state index in [0.717, 1.165) is 43.1 Å². The minimum atomic E-state index is -0.150. The van der Waals surface area contributed by atoms with Crippen molar-refractivity contribution >= 4 is 5.91 Å². The van der Waals surface area contributed by atoms with Crippen LogP contribution in [0.4, 0.5) is 0 Å². The van der Waals surface area contributed by atoms with E-state index in [9.17, 15) is 4.79 Å². The Morgan fingerprint density at radius 1 is 1.37 bits per heavy atom. The largest absolute Gasteiger partial charge is 0.491 e. The second-order valence-corrected chi connectivity index (χ2v) is 7.23. The quantitative estimate of drug-likeness (QED) is 0.781. The van der Waals surface area contributed by atoms with E-state index in [1.807, 2.05) is 45.0 Å². The van der Waals surface area contributed by atoms with Gasteiger partial charge in [-0.25, -0.2) is 4.68 Å². The molecule has 1 aromatic carbocycles. The lowest BCUT2D eigenvalue weighted by atomic mass is 10.00. The lowest BCUT2D eigenvalue weighted by molar-refractivity contribution is 0.0938. The van der Waals surface area contributed by atoms with Crippen LogP contribution in [-0.4, -0.2) is 46.6 Å². The number of piperidine rings is 1. The van der Waals surface area contributed by atoms with Crippen LogP contribution in [0.1, 0.15) is 49.8 Å². The van der Waals surface area contributed by atoms with Crippen molar-refractivity contribution < 1.29 is 9.53 Å². The first-order valence-electron chi connectivity index (χ1n) is 9.79. The second-order valence-electron chi connectivity index (χ2n) is 7.23. The van der Waals surface area contributed by atoms with E-state index < -0.39 is 0 Å². The zero-order chi connectivity index (χ0) is 19.2. The van der Waals surface area contributed by atoms with E-state index >= 15 is 0 Å². The van der Waals surface area contributed by atoms with Crippen molar-refractivity contribution in [1.82, 2.24) is 25.6 Å². The molecule has 1 amide bonds. The van der Waals surface area contributed by atoms with Crippen LogP contribution in [0.15, 0.2) is 24.3 Å². The zero-order valence-corrected chi connectivity index (χ0v) is 16.4. The van der Waals surface area contributed by atoms with Crippen molar-refractivity contribution in [3.8, 4) is 11.4 Å². The first-order valence-corrected chi connectivity index (χ1v) is 9.79. The number of nitrogens with one attached hydrogen (secondary N) is 2. The molecule has 0 bridgehead atoms. The van der Waals surface area contributed by atoms with E-state index in [-0.39, 0.29) is 12.0 Å². The minimum absolute atomic E-state index is 0.128. The van der Waals surface area contributed by atoms with Gasteiger partial charge in [-0.1, -0.05) is 12.1 Å². The fraction of sp³-hybridized carbons (Fsp3) is 0.550.